The lowest BCUT2D eigenvalue weighted by molar-refractivity contribution is 0.581. The van der Waals surface area contributed by atoms with E-state index in [1.807, 2.05) is 16.8 Å². The summed E-state index contributed by atoms with van der Waals surface area (Å²) < 4.78 is 13.6. The summed E-state index contributed by atoms with van der Waals surface area (Å²) in [6.07, 6.45) is 0.601. The lowest BCUT2D eigenvalue weighted by Gasteiger charge is -2.13. The van der Waals surface area contributed by atoms with E-state index in [9.17, 15) is 4.39 Å². The van der Waals surface area contributed by atoms with Crippen molar-refractivity contribution in [3.8, 4) is 0 Å². The summed E-state index contributed by atoms with van der Waals surface area (Å²) in [5.74, 6) is -0.338. The van der Waals surface area contributed by atoms with E-state index in [2.05, 4.69) is 0 Å². The van der Waals surface area contributed by atoms with Crippen LogP contribution in [0.4, 0.5) is 4.39 Å². The molecule has 0 aliphatic rings. The summed E-state index contributed by atoms with van der Waals surface area (Å²) in [4.78, 5) is 0. The molecule has 1 aromatic heterocycles. The van der Waals surface area contributed by atoms with Crippen LogP contribution in [-0.2, 0) is 6.42 Å². The number of rotatable bonds is 3. The van der Waals surface area contributed by atoms with Gasteiger partial charge < -0.3 is 5.73 Å². The summed E-state index contributed by atoms with van der Waals surface area (Å²) in [6.45, 7) is 0. The van der Waals surface area contributed by atoms with Gasteiger partial charge in [0.1, 0.15) is 5.82 Å². The van der Waals surface area contributed by atoms with Gasteiger partial charge in [-0.3, -0.25) is 0 Å². The second-order valence-electron chi connectivity index (χ2n) is 3.58. The molecule has 1 heterocycles. The van der Waals surface area contributed by atoms with Crippen molar-refractivity contribution in [3.63, 3.8) is 0 Å². The van der Waals surface area contributed by atoms with Gasteiger partial charge in [0.2, 0.25) is 0 Å². The van der Waals surface area contributed by atoms with E-state index in [0.29, 0.717) is 17.0 Å². The van der Waals surface area contributed by atoms with Crippen LogP contribution in [0.15, 0.2) is 35.0 Å². The predicted octanol–water partition coefficient (Wildman–Crippen LogP) is 3.78. The number of nitrogens with two attached hydrogens (primary N) is 1. The van der Waals surface area contributed by atoms with Crippen LogP contribution in [0.3, 0.4) is 0 Å². The van der Waals surface area contributed by atoms with Crippen molar-refractivity contribution < 1.29 is 4.39 Å². The Morgan fingerprint density at radius 3 is 2.81 bits per heavy atom. The van der Waals surface area contributed by atoms with Gasteiger partial charge in [-0.25, -0.2) is 4.39 Å². The Kier molecular flexibility index (Phi) is 3.59. The molecule has 2 rings (SSSR count). The third-order valence-corrected chi connectivity index (χ3v) is 3.47. The van der Waals surface area contributed by atoms with E-state index < -0.39 is 6.04 Å². The number of hydrogen-bond donors (Lipinski definition) is 1. The number of thiophene rings is 1. The molecule has 2 N–H and O–H groups in total. The Morgan fingerprint density at radius 2 is 2.19 bits per heavy atom. The Morgan fingerprint density at radius 1 is 1.38 bits per heavy atom. The molecule has 0 saturated carbocycles. The first-order valence-corrected chi connectivity index (χ1v) is 6.21. The molecule has 1 aromatic carbocycles. The molecule has 1 nitrogen and oxygen atoms in total. The van der Waals surface area contributed by atoms with Crippen LogP contribution >= 0.6 is 22.9 Å². The second-order valence-corrected chi connectivity index (χ2v) is 4.76. The molecule has 0 fully saturated rings. The number of hydrogen-bond acceptors (Lipinski definition) is 2. The summed E-state index contributed by atoms with van der Waals surface area (Å²) in [7, 11) is 0. The van der Waals surface area contributed by atoms with Crippen LogP contribution in [0, 0.1) is 5.82 Å². The molecular formula is C12H11ClFNS. The maximum Gasteiger partial charge on any atom is 0.129 e. The highest BCUT2D eigenvalue weighted by atomic mass is 35.5. The third-order valence-electron chi connectivity index (χ3n) is 2.41. The van der Waals surface area contributed by atoms with Crippen LogP contribution in [0.1, 0.15) is 17.2 Å². The van der Waals surface area contributed by atoms with Crippen molar-refractivity contribution in [2.24, 2.45) is 5.73 Å². The Bertz CT molecular complexity index is 450. The molecule has 1 atom stereocenters. The molecule has 0 spiro atoms. The second kappa shape index (κ2) is 4.95. The first kappa shape index (κ1) is 11.6. The highest BCUT2D eigenvalue weighted by Gasteiger charge is 2.15. The van der Waals surface area contributed by atoms with Crippen molar-refractivity contribution in [2.45, 2.75) is 12.5 Å². The molecule has 4 heteroatoms. The van der Waals surface area contributed by atoms with Gasteiger partial charge in [0, 0.05) is 16.6 Å². The SMILES string of the molecule is NC(Cc1ccsc1)c1c(F)cccc1Cl. The standard InChI is InChI=1S/C12H11ClFNS/c13-9-2-1-3-10(14)12(9)11(15)6-8-4-5-16-7-8/h1-5,7,11H,6,15H2. The van der Waals surface area contributed by atoms with Crippen LogP contribution in [0.2, 0.25) is 5.02 Å². The summed E-state index contributed by atoms with van der Waals surface area (Å²) in [6, 6.07) is 6.21. The summed E-state index contributed by atoms with van der Waals surface area (Å²) >= 11 is 7.55. The maximum atomic E-state index is 13.6. The number of halogens is 2. The van der Waals surface area contributed by atoms with Crippen molar-refractivity contribution in [2.75, 3.05) is 0 Å². The Hall–Kier alpha value is -0.900. The van der Waals surface area contributed by atoms with Crippen molar-refractivity contribution in [3.05, 3.63) is 57.0 Å². The van der Waals surface area contributed by atoms with E-state index in [4.69, 9.17) is 17.3 Å². The quantitative estimate of drug-likeness (QED) is 0.887. The Labute approximate surface area is 103 Å². The third kappa shape index (κ3) is 2.43. The van der Waals surface area contributed by atoms with E-state index >= 15 is 0 Å². The van der Waals surface area contributed by atoms with Crippen molar-refractivity contribution >= 4 is 22.9 Å². The lowest BCUT2D eigenvalue weighted by atomic mass is 10.0. The predicted molar refractivity (Wildman–Crippen MR) is 66.4 cm³/mol. The van der Waals surface area contributed by atoms with Crippen LogP contribution in [0.5, 0.6) is 0 Å². The smallest absolute Gasteiger partial charge is 0.129 e. The summed E-state index contributed by atoms with van der Waals surface area (Å²) in [5, 5.41) is 4.38. The molecule has 1 unspecified atom stereocenters. The van der Waals surface area contributed by atoms with Gasteiger partial charge in [0.05, 0.1) is 0 Å². The first-order valence-electron chi connectivity index (χ1n) is 4.89. The average molecular weight is 256 g/mol. The average Bonchev–Trinajstić information content (AvgIpc) is 2.70. The highest BCUT2D eigenvalue weighted by molar-refractivity contribution is 7.07. The van der Waals surface area contributed by atoms with Crippen molar-refractivity contribution in [1.29, 1.82) is 0 Å². The zero-order valence-electron chi connectivity index (χ0n) is 8.49. The first-order chi connectivity index (χ1) is 7.68. The van der Waals surface area contributed by atoms with E-state index in [1.165, 1.54) is 6.07 Å². The van der Waals surface area contributed by atoms with Gasteiger partial charge in [-0.2, -0.15) is 11.3 Å². The lowest BCUT2D eigenvalue weighted by Crippen LogP contribution is -2.15. The normalized spacial score (nSPS) is 12.7. The molecule has 2 aromatic rings. The van der Waals surface area contributed by atoms with Gasteiger partial charge >= 0.3 is 0 Å². The fraction of sp³-hybridized carbons (Fsp3) is 0.167. The zero-order chi connectivity index (χ0) is 11.5. The van der Waals surface area contributed by atoms with Gasteiger partial charge in [-0.1, -0.05) is 17.7 Å². The van der Waals surface area contributed by atoms with Gasteiger partial charge in [0.25, 0.3) is 0 Å². The Balaban J connectivity index is 2.24. The van der Waals surface area contributed by atoms with E-state index in [-0.39, 0.29) is 5.82 Å². The van der Waals surface area contributed by atoms with Crippen LogP contribution < -0.4 is 5.73 Å². The molecule has 0 bridgehead atoms. The maximum absolute atomic E-state index is 13.6. The topological polar surface area (TPSA) is 26.0 Å². The fourth-order valence-corrected chi connectivity index (χ4v) is 2.61. The van der Waals surface area contributed by atoms with Crippen LogP contribution in [-0.4, -0.2) is 0 Å². The van der Waals surface area contributed by atoms with Gasteiger partial charge in [-0.15, -0.1) is 0 Å². The minimum atomic E-state index is -0.400. The van der Waals surface area contributed by atoms with E-state index in [0.717, 1.165) is 5.56 Å². The summed E-state index contributed by atoms with van der Waals surface area (Å²) in [5.41, 5.74) is 7.47. The van der Waals surface area contributed by atoms with Gasteiger partial charge in [0.15, 0.2) is 0 Å². The highest BCUT2D eigenvalue weighted by Crippen LogP contribution is 2.27. The fourth-order valence-electron chi connectivity index (χ4n) is 1.63. The zero-order valence-corrected chi connectivity index (χ0v) is 10.1. The molecule has 0 saturated heterocycles. The minimum Gasteiger partial charge on any atom is -0.324 e. The number of benzene rings is 1. The largest absolute Gasteiger partial charge is 0.324 e. The molecule has 16 heavy (non-hydrogen) atoms. The monoisotopic (exact) mass is 255 g/mol. The minimum absolute atomic E-state index is 0.338. The van der Waals surface area contributed by atoms with Crippen LogP contribution in [0.25, 0.3) is 0 Å². The molecule has 0 amide bonds. The van der Waals surface area contributed by atoms with E-state index in [1.54, 1.807) is 23.5 Å². The molecule has 0 aliphatic heterocycles. The molecule has 0 radical (unpaired) electrons. The van der Waals surface area contributed by atoms with Gasteiger partial charge in [-0.05, 0) is 40.9 Å². The molecule has 84 valence electrons. The molecule has 0 aliphatic carbocycles. The van der Waals surface area contributed by atoms with Crippen molar-refractivity contribution in [1.82, 2.24) is 0 Å². The molecular weight excluding hydrogens is 245 g/mol.